The van der Waals surface area contributed by atoms with Crippen LogP contribution in [0.1, 0.15) is 123 Å². The highest BCUT2D eigenvalue weighted by Crippen LogP contribution is 2.49. The maximum Gasteiger partial charge on any atom is 0.305 e. The molecule has 6 aromatic carbocycles. The van der Waals surface area contributed by atoms with Crippen molar-refractivity contribution in [1.29, 1.82) is 0 Å². The Morgan fingerprint density at radius 1 is 0.479 bits per heavy atom. The van der Waals surface area contributed by atoms with E-state index in [-0.39, 0.29) is 118 Å². The Morgan fingerprint density at radius 3 is 1.03 bits per heavy atom. The molecule has 0 spiro atoms. The van der Waals surface area contributed by atoms with Gasteiger partial charge in [0.15, 0.2) is 23.1 Å². The number of rotatable bonds is 16. The molecule has 2 aliphatic carbocycles. The van der Waals surface area contributed by atoms with E-state index >= 15 is 0 Å². The van der Waals surface area contributed by atoms with Crippen LogP contribution in [0.3, 0.4) is 0 Å². The number of esters is 3. The summed E-state index contributed by atoms with van der Waals surface area (Å²) in [6, 6.07) is 18.7. The highest BCUT2D eigenvalue weighted by molar-refractivity contribution is 8.02. The van der Waals surface area contributed by atoms with Gasteiger partial charge < -0.3 is 34.6 Å². The fourth-order valence-electron chi connectivity index (χ4n) is 8.03. The SMILES string of the molecule is CCOC(=O)CCCS.CCOC(=O)CCCSc1cc2c(O)c3c(c(O)c2cc1SCCCC(=O)OCC)C(=O)c1ccccc1C3=O.O=C1c2ccccc2C(=O)c2c1c(O)c1cc(Cl)c(Cl)cc1c2O. The summed E-state index contributed by atoms with van der Waals surface area (Å²) in [4.78, 5) is 87.7. The molecule has 0 aromatic heterocycles. The molecule has 0 heterocycles. The molecule has 0 aliphatic heterocycles. The van der Waals surface area contributed by atoms with Crippen LogP contribution in [-0.2, 0) is 28.6 Å². The van der Waals surface area contributed by atoms with Crippen LogP contribution < -0.4 is 0 Å². The van der Waals surface area contributed by atoms with Crippen LogP contribution in [0.15, 0.2) is 82.6 Å². The van der Waals surface area contributed by atoms with Crippen LogP contribution in [0.5, 0.6) is 23.0 Å². The van der Waals surface area contributed by atoms with Crippen molar-refractivity contribution in [3.8, 4) is 23.0 Å². The molecule has 2 aliphatic rings. The number of ether oxygens (including phenoxy) is 3. The first-order valence-electron chi connectivity index (χ1n) is 23.1. The zero-order chi connectivity index (χ0) is 53.1. The number of phenolic OH excluding ortho intramolecular Hbond substituents is 4. The topological polar surface area (TPSA) is 228 Å². The van der Waals surface area contributed by atoms with E-state index in [0.29, 0.717) is 50.6 Å². The number of aromatic hydroxyl groups is 4. The molecule has 0 saturated carbocycles. The first kappa shape index (κ1) is 56.1. The molecule has 19 heteroatoms. The second-order valence-electron chi connectivity index (χ2n) is 16.1. The molecule has 6 aromatic rings. The lowest BCUT2D eigenvalue weighted by Crippen LogP contribution is -2.21. The van der Waals surface area contributed by atoms with Crippen molar-refractivity contribution in [2.24, 2.45) is 0 Å². The molecular formula is C54H50Cl2O14S3. The summed E-state index contributed by atoms with van der Waals surface area (Å²) in [6.45, 7) is 6.43. The molecular weight excluding hydrogens is 1040 g/mol. The summed E-state index contributed by atoms with van der Waals surface area (Å²) < 4.78 is 14.7. The van der Waals surface area contributed by atoms with Gasteiger partial charge >= 0.3 is 17.9 Å². The minimum Gasteiger partial charge on any atom is -0.506 e. The van der Waals surface area contributed by atoms with Gasteiger partial charge in [-0.1, -0.05) is 71.7 Å². The Morgan fingerprint density at radius 2 is 0.753 bits per heavy atom. The van der Waals surface area contributed by atoms with Crippen LogP contribution in [0, 0.1) is 0 Å². The van der Waals surface area contributed by atoms with Crippen molar-refractivity contribution < 1.29 is 68.2 Å². The number of hydrogen-bond acceptors (Lipinski definition) is 17. The second-order valence-corrected chi connectivity index (χ2v) is 19.6. The van der Waals surface area contributed by atoms with E-state index < -0.39 is 34.6 Å². The normalized spacial score (nSPS) is 12.1. The number of fused-ring (bicyclic) bond motifs is 6. The smallest absolute Gasteiger partial charge is 0.305 e. The number of benzene rings is 6. The van der Waals surface area contributed by atoms with Crippen molar-refractivity contribution in [3.05, 3.63) is 127 Å². The predicted molar refractivity (Wildman–Crippen MR) is 284 cm³/mol. The molecule has 0 radical (unpaired) electrons. The molecule has 0 atom stereocenters. The van der Waals surface area contributed by atoms with Crippen molar-refractivity contribution in [2.45, 2.75) is 69.1 Å². The number of hydrogen-bond donors (Lipinski definition) is 5. The lowest BCUT2D eigenvalue weighted by molar-refractivity contribution is -0.144. The van der Waals surface area contributed by atoms with E-state index in [9.17, 15) is 54.0 Å². The summed E-state index contributed by atoms with van der Waals surface area (Å²) in [6.07, 6.45) is 2.98. The Hall–Kier alpha value is -6.24. The van der Waals surface area contributed by atoms with E-state index in [2.05, 4.69) is 17.4 Å². The van der Waals surface area contributed by atoms with E-state index in [0.717, 1.165) is 22.0 Å². The van der Waals surface area contributed by atoms with Crippen LogP contribution >= 0.6 is 59.4 Å². The maximum atomic E-state index is 13.3. The number of thioether (sulfide) groups is 2. The summed E-state index contributed by atoms with van der Waals surface area (Å²) >= 11 is 18.8. The van der Waals surface area contributed by atoms with Gasteiger partial charge in [0.1, 0.15) is 23.0 Å². The molecule has 14 nitrogen and oxygen atoms in total. The quantitative estimate of drug-likeness (QED) is 0.0151. The monoisotopic (exact) mass is 1090 g/mol. The molecule has 0 fully saturated rings. The van der Waals surface area contributed by atoms with Gasteiger partial charge in [0.2, 0.25) is 0 Å². The van der Waals surface area contributed by atoms with Gasteiger partial charge in [-0.3, -0.25) is 33.6 Å². The molecule has 4 N–H and O–H groups in total. The fraction of sp³-hybridized carbons (Fsp3) is 0.278. The summed E-state index contributed by atoms with van der Waals surface area (Å²) in [5.74, 6) is -2.36. The third kappa shape index (κ3) is 12.4. The lowest BCUT2D eigenvalue weighted by atomic mass is 9.81. The van der Waals surface area contributed by atoms with Crippen LogP contribution in [0.2, 0.25) is 10.0 Å². The number of phenols is 4. The second kappa shape index (κ2) is 25.6. The molecule has 0 unspecified atom stereocenters. The van der Waals surface area contributed by atoms with Crippen molar-refractivity contribution in [1.82, 2.24) is 0 Å². The Kier molecular flexibility index (Phi) is 19.7. The molecule has 0 bridgehead atoms. The summed E-state index contributed by atoms with van der Waals surface area (Å²) in [7, 11) is 0. The first-order valence-corrected chi connectivity index (χ1v) is 26.5. The number of halogens is 2. The van der Waals surface area contributed by atoms with E-state index in [1.165, 1.54) is 59.9 Å². The van der Waals surface area contributed by atoms with E-state index in [4.69, 9.17) is 32.7 Å². The number of carbonyl (C=O) groups is 7. The maximum absolute atomic E-state index is 13.3. The molecule has 382 valence electrons. The van der Waals surface area contributed by atoms with Gasteiger partial charge in [-0.15, -0.1) is 23.5 Å². The Balaban J connectivity index is 0.000000221. The lowest BCUT2D eigenvalue weighted by Gasteiger charge is -2.22. The zero-order valence-corrected chi connectivity index (χ0v) is 43.8. The number of ketones is 4. The van der Waals surface area contributed by atoms with Gasteiger partial charge in [0, 0.05) is 72.9 Å². The average Bonchev–Trinajstić information content (AvgIpc) is 3.38. The minimum atomic E-state index is -0.527. The third-order valence-electron chi connectivity index (χ3n) is 11.4. The summed E-state index contributed by atoms with van der Waals surface area (Å²) in [5, 5.41) is 44.8. The van der Waals surface area contributed by atoms with Crippen molar-refractivity contribution >= 4 is 122 Å². The van der Waals surface area contributed by atoms with Gasteiger partial charge in [0.25, 0.3) is 0 Å². The van der Waals surface area contributed by atoms with Crippen LogP contribution in [0.4, 0.5) is 0 Å². The fourth-order valence-corrected chi connectivity index (χ4v) is 10.7. The molecule has 8 rings (SSSR count). The van der Waals surface area contributed by atoms with Gasteiger partial charge in [-0.05, 0) is 81.6 Å². The zero-order valence-electron chi connectivity index (χ0n) is 39.8. The Bertz CT molecular complexity index is 2980. The largest absolute Gasteiger partial charge is 0.506 e. The van der Waals surface area contributed by atoms with E-state index in [1.54, 1.807) is 57.2 Å². The van der Waals surface area contributed by atoms with Gasteiger partial charge in [-0.25, -0.2) is 0 Å². The Labute approximate surface area is 444 Å². The van der Waals surface area contributed by atoms with Crippen molar-refractivity contribution in [2.75, 3.05) is 37.1 Å². The highest BCUT2D eigenvalue weighted by Gasteiger charge is 2.38. The summed E-state index contributed by atoms with van der Waals surface area (Å²) in [5.41, 5.74) is -0.131. The predicted octanol–water partition coefficient (Wildman–Crippen LogP) is 11.5. The number of carbonyl (C=O) groups excluding carboxylic acids is 7. The molecule has 0 saturated heterocycles. The highest BCUT2D eigenvalue weighted by atomic mass is 35.5. The van der Waals surface area contributed by atoms with Crippen molar-refractivity contribution in [3.63, 3.8) is 0 Å². The van der Waals surface area contributed by atoms with Gasteiger partial charge in [-0.2, -0.15) is 12.6 Å². The first-order chi connectivity index (χ1) is 35.0. The molecule has 73 heavy (non-hydrogen) atoms. The van der Waals surface area contributed by atoms with Gasteiger partial charge in [0.05, 0.1) is 52.1 Å². The van der Waals surface area contributed by atoms with Crippen LogP contribution in [0.25, 0.3) is 21.5 Å². The number of thiol groups is 1. The average molecular weight is 1090 g/mol. The van der Waals surface area contributed by atoms with E-state index in [1.807, 2.05) is 0 Å². The standard InChI is InChI=1S/C30H30O8S2.C18H8Cl2O4.C6H12O2S/c1-3-37-23(31)11-7-13-39-21-15-19-20(16-22(21)40-14-8-12-24(32)38-4-2)30(36)26-25(29(19)35)27(33)17-9-5-6-10-18(17)28(26)34;19-11-5-9-10(6-12(11)20)18(24)14-13(17(9)23)15(21)7-3-1-2-4-8(7)16(14)22;1-2-8-6(7)4-3-5-9/h5-6,9-10,15-16,35-36H,3-4,7-8,11-14H2,1-2H3;1-6,23-24H;9H,2-5H2,1H3. The van der Waals surface area contributed by atoms with Crippen LogP contribution in [-0.4, -0.2) is 98.5 Å². The third-order valence-corrected chi connectivity index (χ3v) is 14.8. The minimum absolute atomic E-state index is 0.119. The molecule has 0 amide bonds.